The van der Waals surface area contributed by atoms with E-state index in [9.17, 15) is 57.1 Å². The summed E-state index contributed by atoms with van der Waals surface area (Å²) >= 11 is 0. The molecule has 0 aliphatic carbocycles. The Morgan fingerprint density at radius 2 is 0.762 bits per heavy atom. The number of alkyl halides is 13. The molecule has 0 saturated heterocycles. The van der Waals surface area contributed by atoms with Crippen molar-refractivity contribution >= 4 is 0 Å². The number of hydrogen-bond donors (Lipinski definition) is 0. The van der Waals surface area contributed by atoms with Crippen LogP contribution in [-0.2, 0) is 0 Å². The molecular weight excluding hydrogens is 343 g/mol. The van der Waals surface area contributed by atoms with E-state index in [0.717, 1.165) is 0 Å². The minimum atomic E-state index is -7.83. The molecule has 0 aliphatic heterocycles. The molecule has 13 heteroatoms. The molecule has 0 aromatic heterocycles. The molecule has 0 bridgehead atoms. The predicted molar refractivity (Wildman–Crippen MR) is 40.8 cm³/mol. The van der Waals surface area contributed by atoms with E-state index >= 15 is 0 Å². The molecule has 0 nitrogen and oxygen atoms in total. The first kappa shape index (κ1) is 20.1. The Morgan fingerprint density at radius 3 is 1.00 bits per heavy atom. The summed E-state index contributed by atoms with van der Waals surface area (Å²) < 4.78 is 160. The molecule has 1 radical (unpaired) electrons. The van der Waals surface area contributed by atoms with Gasteiger partial charge in [-0.1, -0.05) is 6.92 Å². The molecule has 0 aliphatic rings. The van der Waals surface area contributed by atoms with Crippen LogP contribution >= 0.6 is 0 Å². The summed E-state index contributed by atoms with van der Waals surface area (Å²) in [7, 11) is 0. The van der Waals surface area contributed by atoms with Crippen molar-refractivity contribution in [3.05, 3.63) is 6.42 Å². The van der Waals surface area contributed by atoms with Crippen molar-refractivity contribution in [2.75, 3.05) is 0 Å². The Morgan fingerprint density at radius 1 is 0.476 bits per heavy atom. The second-order valence-corrected chi connectivity index (χ2v) is 3.71. The van der Waals surface area contributed by atoms with Gasteiger partial charge in [0.25, 0.3) is 0 Å². The number of halogens is 13. The smallest absolute Gasteiger partial charge is 0.199 e. The van der Waals surface area contributed by atoms with Gasteiger partial charge in [-0.05, 0) is 0 Å². The molecule has 0 rings (SSSR count). The molecule has 21 heavy (non-hydrogen) atoms. The normalized spacial score (nSPS) is 16.3. The summed E-state index contributed by atoms with van der Waals surface area (Å²) in [4.78, 5) is 0. The van der Waals surface area contributed by atoms with Crippen LogP contribution in [0, 0.1) is 6.42 Å². The van der Waals surface area contributed by atoms with Crippen LogP contribution in [0.15, 0.2) is 0 Å². The number of rotatable bonds is 5. The fourth-order valence-electron chi connectivity index (χ4n) is 0.963. The molecule has 0 unspecified atom stereocenters. The van der Waals surface area contributed by atoms with E-state index in [1.165, 1.54) is 0 Å². The van der Waals surface area contributed by atoms with Crippen LogP contribution in [0.25, 0.3) is 0 Å². The molecule has 0 amide bonds. The van der Waals surface area contributed by atoms with Crippen LogP contribution in [-0.4, -0.2) is 35.8 Å². The zero-order valence-electron chi connectivity index (χ0n) is 9.49. The van der Waals surface area contributed by atoms with Gasteiger partial charge in [0.05, 0.1) is 0 Å². The lowest BCUT2D eigenvalue weighted by molar-refractivity contribution is -0.437. The van der Waals surface area contributed by atoms with Crippen molar-refractivity contribution in [3.8, 4) is 0 Å². The van der Waals surface area contributed by atoms with Gasteiger partial charge in [-0.3, -0.25) is 0 Å². The van der Waals surface area contributed by atoms with Gasteiger partial charge in [-0.15, -0.1) is 0 Å². The molecule has 0 saturated carbocycles. The lowest BCUT2D eigenvalue weighted by Crippen LogP contribution is -2.70. The zero-order chi connectivity index (χ0) is 17.7. The van der Waals surface area contributed by atoms with Crippen LogP contribution in [0.4, 0.5) is 57.1 Å². The van der Waals surface area contributed by atoms with Crippen molar-refractivity contribution in [3.63, 3.8) is 0 Å². The third-order valence-electron chi connectivity index (χ3n) is 2.32. The maximum atomic E-state index is 12.7. The molecule has 0 atom stereocenters. The van der Waals surface area contributed by atoms with Gasteiger partial charge in [0.1, 0.15) is 0 Å². The summed E-state index contributed by atoms with van der Waals surface area (Å²) in [5.74, 6) is -36.5. The van der Waals surface area contributed by atoms with E-state index in [2.05, 4.69) is 0 Å². The van der Waals surface area contributed by atoms with Gasteiger partial charge in [-0.25, -0.2) is 0 Å². The molecule has 127 valence electrons. The quantitative estimate of drug-likeness (QED) is 0.618. The van der Waals surface area contributed by atoms with E-state index in [0.29, 0.717) is 0 Å². The van der Waals surface area contributed by atoms with Crippen molar-refractivity contribution in [1.29, 1.82) is 0 Å². The van der Waals surface area contributed by atoms with Crippen LogP contribution in [0.2, 0.25) is 0 Å². The molecule has 0 aromatic rings. The Hall–Kier alpha value is -0.910. The Labute approximate surface area is 107 Å². The second kappa shape index (κ2) is 4.80. The average Bonchev–Trinajstić information content (AvgIpc) is 2.26. The molecular formula is C8H4F13. The monoisotopic (exact) mass is 347 g/mol. The van der Waals surface area contributed by atoms with Crippen molar-refractivity contribution in [1.82, 2.24) is 0 Å². The van der Waals surface area contributed by atoms with Gasteiger partial charge in [0, 0.05) is 6.42 Å². The molecule has 0 aromatic carbocycles. The topological polar surface area (TPSA) is 0 Å². The van der Waals surface area contributed by atoms with E-state index in [1.54, 1.807) is 0 Å². The van der Waals surface area contributed by atoms with Gasteiger partial charge in [-0.2, -0.15) is 57.1 Å². The predicted octanol–water partition coefficient (Wildman–Crippen LogP) is 4.95. The van der Waals surface area contributed by atoms with E-state index in [4.69, 9.17) is 0 Å². The van der Waals surface area contributed by atoms with Crippen molar-refractivity contribution in [2.45, 2.75) is 42.7 Å². The van der Waals surface area contributed by atoms with Gasteiger partial charge in [0.15, 0.2) is 0 Å². The highest BCUT2D eigenvalue weighted by molar-refractivity contribution is 5.12. The minimum absolute atomic E-state index is 0.00989. The summed E-state index contributed by atoms with van der Waals surface area (Å²) in [5.41, 5.74) is 0. The molecule has 0 fully saturated rings. The first-order chi connectivity index (χ1) is 8.81. The van der Waals surface area contributed by atoms with Crippen molar-refractivity contribution < 1.29 is 57.1 Å². The summed E-state index contributed by atoms with van der Waals surface area (Å²) in [6, 6.07) is 0. The van der Waals surface area contributed by atoms with Crippen LogP contribution < -0.4 is 0 Å². The first-order valence-electron chi connectivity index (χ1n) is 4.57. The summed E-state index contributed by atoms with van der Waals surface area (Å²) in [5, 5.41) is 0. The minimum Gasteiger partial charge on any atom is -0.199 e. The highest BCUT2D eigenvalue weighted by Crippen LogP contribution is 2.60. The van der Waals surface area contributed by atoms with E-state index < -0.39 is 42.2 Å². The molecule has 0 spiro atoms. The second-order valence-electron chi connectivity index (χ2n) is 3.71. The number of hydrogen-bond acceptors (Lipinski definition) is 0. The molecule has 0 heterocycles. The van der Waals surface area contributed by atoms with Crippen molar-refractivity contribution in [2.24, 2.45) is 0 Å². The zero-order valence-corrected chi connectivity index (χ0v) is 9.49. The van der Waals surface area contributed by atoms with Gasteiger partial charge in [0.2, 0.25) is 0 Å². The Bertz CT molecular complexity index is 376. The first-order valence-corrected chi connectivity index (χ1v) is 4.57. The van der Waals surface area contributed by atoms with E-state index in [-0.39, 0.29) is 6.92 Å². The SMILES string of the molecule is C[CH]C(F)(F)C(F)(F)C(F)(F)C(F)(F)C(F)(F)C(F)(F)F. The Kier molecular flexibility index (Phi) is 4.59. The fourth-order valence-corrected chi connectivity index (χ4v) is 0.963. The van der Waals surface area contributed by atoms with Crippen LogP contribution in [0.1, 0.15) is 6.92 Å². The standard InChI is InChI=1S/C8H4F13/c1-2-3(9,10)4(11,12)5(13,14)6(15,16)7(17,18)8(19,20)21/h2H,1H3. The van der Waals surface area contributed by atoms with E-state index in [1.807, 2.05) is 0 Å². The Balaban J connectivity index is 6.14. The summed E-state index contributed by atoms with van der Waals surface area (Å²) in [6.07, 6.45) is -8.41. The summed E-state index contributed by atoms with van der Waals surface area (Å²) in [6.45, 7) is -0.00989. The fraction of sp³-hybridized carbons (Fsp3) is 0.875. The third-order valence-corrected chi connectivity index (χ3v) is 2.32. The maximum absolute atomic E-state index is 12.7. The molecule has 0 N–H and O–H groups in total. The highest BCUT2D eigenvalue weighted by atomic mass is 19.4. The van der Waals surface area contributed by atoms with Crippen LogP contribution in [0.5, 0.6) is 0 Å². The average molecular weight is 347 g/mol. The maximum Gasteiger partial charge on any atom is 0.460 e. The third kappa shape index (κ3) is 2.51. The lowest BCUT2D eigenvalue weighted by atomic mass is 9.93. The van der Waals surface area contributed by atoms with Crippen LogP contribution in [0.3, 0.4) is 0 Å². The lowest BCUT2D eigenvalue weighted by Gasteiger charge is -2.39. The van der Waals surface area contributed by atoms with Gasteiger partial charge >= 0.3 is 35.8 Å². The largest absolute Gasteiger partial charge is 0.460 e. The highest BCUT2D eigenvalue weighted by Gasteiger charge is 2.90. The van der Waals surface area contributed by atoms with Gasteiger partial charge < -0.3 is 0 Å².